The van der Waals surface area contributed by atoms with Crippen LogP contribution in [0.15, 0.2) is 23.8 Å². The highest BCUT2D eigenvalue weighted by atomic mass is 35.5. The molecule has 1 saturated heterocycles. The van der Waals surface area contributed by atoms with Crippen LogP contribution >= 0.6 is 11.6 Å². The number of aliphatic hydroxyl groups excluding tert-OH is 1. The third-order valence-electron chi connectivity index (χ3n) is 7.82. The summed E-state index contributed by atoms with van der Waals surface area (Å²) in [4.78, 5) is 24.3. The van der Waals surface area contributed by atoms with Gasteiger partial charge in [-0.25, -0.2) is 0 Å². The molecule has 204 valence electrons. The Morgan fingerprint density at radius 3 is 2.78 bits per heavy atom. The van der Waals surface area contributed by atoms with E-state index >= 15 is 0 Å². The number of allylic oxidation sites excluding steroid dienone is 4. The Hall–Kier alpha value is -1.21. The van der Waals surface area contributed by atoms with E-state index < -0.39 is 11.5 Å². The summed E-state index contributed by atoms with van der Waals surface area (Å²) in [6, 6.07) is 0. The largest absolute Gasteiger partial charge is 0.466 e. The number of fused-ring (bicyclic) bond motifs is 1. The quantitative estimate of drug-likeness (QED) is 0.173. The average Bonchev–Trinajstić information content (AvgIpc) is 3.23. The first-order valence-electron chi connectivity index (χ1n) is 14.1. The summed E-state index contributed by atoms with van der Waals surface area (Å²) in [6.07, 6.45) is 15.0. The van der Waals surface area contributed by atoms with Gasteiger partial charge in [0.1, 0.15) is 5.38 Å². The first kappa shape index (κ1) is 29.3. The summed E-state index contributed by atoms with van der Waals surface area (Å²) < 4.78 is 17.3. The minimum Gasteiger partial charge on any atom is -0.466 e. The predicted octanol–water partition coefficient (Wildman–Crippen LogP) is 5.89. The highest BCUT2D eigenvalue weighted by Gasteiger charge is 2.50. The molecule has 0 aromatic rings. The third-order valence-corrected chi connectivity index (χ3v) is 8.32. The topological polar surface area (TPSA) is 82.1 Å². The molecule has 36 heavy (non-hydrogen) atoms. The van der Waals surface area contributed by atoms with Gasteiger partial charge in [-0.3, -0.25) is 9.59 Å². The lowest BCUT2D eigenvalue weighted by Crippen LogP contribution is -2.44. The normalized spacial score (nSPS) is 30.0. The number of aliphatic hydroxyl groups is 1. The van der Waals surface area contributed by atoms with Crippen LogP contribution in [0, 0.1) is 17.8 Å². The van der Waals surface area contributed by atoms with Gasteiger partial charge in [0, 0.05) is 25.4 Å². The van der Waals surface area contributed by atoms with Crippen LogP contribution in [-0.4, -0.2) is 53.9 Å². The number of esters is 1. The molecular weight excluding hydrogens is 480 g/mol. The van der Waals surface area contributed by atoms with E-state index in [2.05, 4.69) is 19.1 Å². The Kier molecular flexibility index (Phi) is 12.4. The number of ketones is 1. The summed E-state index contributed by atoms with van der Waals surface area (Å²) in [6.45, 7) is 5.03. The molecule has 0 spiro atoms. The monoisotopic (exact) mass is 524 g/mol. The molecule has 2 fully saturated rings. The number of ether oxygens (including phenoxy) is 3. The second-order valence-electron chi connectivity index (χ2n) is 10.5. The molecule has 1 heterocycles. The maximum atomic E-state index is 12.7. The molecule has 1 aliphatic heterocycles. The van der Waals surface area contributed by atoms with Crippen LogP contribution < -0.4 is 0 Å². The molecule has 0 aromatic carbocycles. The molecule has 3 aliphatic rings. The van der Waals surface area contributed by atoms with Crippen molar-refractivity contribution < 1.29 is 28.9 Å². The fourth-order valence-corrected chi connectivity index (χ4v) is 6.24. The summed E-state index contributed by atoms with van der Waals surface area (Å²) in [7, 11) is 0. The minimum absolute atomic E-state index is 0.0645. The molecule has 7 atom stereocenters. The lowest BCUT2D eigenvalue weighted by atomic mass is 9.76. The maximum Gasteiger partial charge on any atom is 0.306 e. The number of unbranched alkanes of at least 4 members (excludes halogenated alkanes) is 2. The number of carbonyl (C=O) groups excluding carboxylic acids is 2. The smallest absolute Gasteiger partial charge is 0.306 e. The molecule has 1 saturated carbocycles. The number of hydrogen-bond donors (Lipinski definition) is 1. The van der Waals surface area contributed by atoms with Crippen LogP contribution in [0.1, 0.15) is 90.9 Å². The lowest BCUT2D eigenvalue weighted by molar-refractivity contribution is -0.202. The second kappa shape index (κ2) is 15.3. The van der Waals surface area contributed by atoms with Crippen molar-refractivity contribution in [3.63, 3.8) is 0 Å². The molecule has 6 nitrogen and oxygen atoms in total. The van der Waals surface area contributed by atoms with Crippen molar-refractivity contribution in [1.82, 2.24) is 0 Å². The number of carbonyl (C=O) groups is 2. The number of hydrogen-bond acceptors (Lipinski definition) is 6. The Balaban J connectivity index is 1.67. The van der Waals surface area contributed by atoms with E-state index in [1.807, 2.05) is 13.0 Å². The molecule has 3 unspecified atom stereocenters. The van der Waals surface area contributed by atoms with Gasteiger partial charge in [0.15, 0.2) is 12.1 Å². The molecule has 0 bridgehead atoms. The van der Waals surface area contributed by atoms with Gasteiger partial charge in [-0.1, -0.05) is 43.6 Å². The Bertz CT molecular complexity index is 759. The first-order valence-corrected chi connectivity index (χ1v) is 14.5. The van der Waals surface area contributed by atoms with Crippen molar-refractivity contribution in [2.24, 2.45) is 17.8 Å². The van der Waals surface area contributed by atoms with Crippen LogP contribution in [-0.2, 0) is 23.8 Å². The van der Waals surface area contributed by atoms with Gasteiger partial charge in [0.25, 0.3) is 0 Å². The minimum atomic E-state index is -0.931. The van der Waals surface area contributed by atoms with Gasteiger partial charge >= 0.3 is 5.97 Å². The maximum absolute atomic E-state index is 12.7. The standard InChI is InChI=1S/C29H45ClO6/c1-3-5-6-12-23(31)28(30)29(33)27-22-16-15-20(11-7-8-13-25(32)34-4-2)18-21(22)19-24(27)36-26-14-9-10-17-35-26/h7,11,18,21-22,24,26-29,33H,3-6,8-10,12-17,19H2,1-2H3/b11-7-/t21-,22-,24+,26?,27+,28?,29?/m0/s1. The van der Waals surface area contributed by atoms with Crippen molar-refractivity contribution in [1.29, 1.82) is 0 Å². The molecule has 3 rings (SSSR count). The Labute approximate surface area is 221 Å². The Morgan fingerprint density at radius 2 is 2.06 bits per heavy atom. The number of halogens is 1. The molecule has 0 radical (unpaired) electrons. The molecule has 0 aromatic heterocycles. The fraction of sp³-hybridized carbons (Fsp3) is 0.793. The number of rotatable bonds is 14. The van der Waals surface area contributed by atoms with E-state index in [4.69, 9.17) is 25.8 Å². The van der Waals surface area contributed by atoms with E-state index in [-0.39, 0.29) is 41.9 Å². The zero-order valence-electron chi connectivity index (χ0n) is 22.0. The number of alkyl halides is 1. The first-order chi connectivity index (χ1) is 17.4. The molecule has 2 aliphatic carbocycles. The highest BCUT2D eigenvalue weighted by Crippen LogP contribution is 2.49. The van der Waals surface area contributed by atoms with Crippen LogP contribution in [0.2, 0.25) is 0 Å². The predicted molar refractivity (Wildman–Crippen MR) is 141 cm³/mol. The average molecular weight is 525 g/mol. The van der Waals surface area contributed by atoms with Crippen LogP contribution in [0.5, 0.6) is 0 Å². The van der Waals surface area contributed by atoms with E-state index in [0.717, 1.165) is 57.8 Å². The number of Topliss-reactive ketones (excluding diaryl/α,β-unsaturated/α-hetero) is 1. The zero-order valence-corrected chi connectivity index (χ0v) is 22.8. The summed E-state index contributed by atoms with van der Waals surface area (Å²) in [5, 5.41) is 10.5. The van der Waals surface area contributed by atoms with E-state index in [1.165, 1.54) is 5.57 Å². The molecule has 7 heteroatoms. The van der Waals surface area contributed by atoms with Crippen molar-refractivity contribution in [2.75, 3.05) is 13.2 Å². The zero-order chi connectivity index (χ0) is 25.9. The Morgan fingerprint density at radius 1 is 1.22 bits per heavy atom. The van der Waals surface area contributed by atoms with Gasteiger partial charge < -0.3 is 19.3 Å². The fourth-order valence-electron chi connectivity index (χ4n) is 5.96. The summed E-state index contributed by atoms with van der Waals surface area (Å²) in [5.41, 5.74) is 1.25. The van der Waals surface area contributed by atoms with Crippen molar-refractivity contribution >= 4 is 23.4 Å². The molecular formula is C29H45ClO6. The van der Waals surface area contributed by atoms with Gasteiger partial charge in [-0.15, -0.1) is 11.6 Å². The van der Waals surface area contributed by atoms with Crippen LogP contribution in [0.25, 0.3) is 0 Å². The van der Waals surface area contributed by atoms with Crippen LogP contribution in [0.4, 0.5) is 0 Å². The summed E-state index contributed by atoms with van der Waals surface area (Å²) >= 11 is 6.59. The van der Waals surface area contributed by atoms with Gasteiger partial charge in [0.05, 0.1) is 18.8 Å². The van der Waals surface area contributed by atoms with E-state index in [0.29, 0.717) is 32.5 Å². The van der Waals surface area contributed by atoms with Crippen molar-refractivity contribution in [2.45, 2.75) is 115 Å². The van der Waals surface area contributed by atoms with Gasteiger partial charge in [-0.05, 0) is 70.1 Å². The van der Waals surface area contributed by atoms with Crippen molar-refractivity contribution in [3.8, 4) is 0 Å². The molecule has 1 N–H and O–H groups in total. The van der Waals surface area contributed by atoms with Gasteiger partial charge in [0.2, 0.25) is 0 Å². The molecule has 0 amide bonds. The lowest BCUT2D eigenvalue weighted by Gasteiger charge is -2.35. The van der Waals surface area contributed by atoms with E-state index in [9.17, 15) is 14.7 Å². The van der Waals surface area contributed by atoms with Crippen LogP contribution in [0.3, 0.4) is 0 Å². The van der Waals surface area contributed by atoms with E-state index in [1.54, 1.807) is 0 Å². The SMILES string of the molecule is CCCCCC(=O)C(Cl)C(O)[C@@H]1[C@H]2CCC(/C=C\CCC(=O)OCC)=C[C@H]2C[C@H]1OC1CCCCO1. The van der Waals surface area contributed by atoms with Gasteiger partial charge in [-0.2, -0.15) is 0 Å². The highest BCUT2D eigenvalue weighted by molar-refractivity contribution is 6.31. The van der Waals surface area contributed by atoms with Crippen molar-refractivity contribution in [3.05, 3.63) is 23.8 Å². The third kappa shape index (κ3) is 8.41. The summed E-state index contributed by atoms with van der Waals surface area (Å²) in [5.74, 6) is 0.0528. The second-order valence-corrected chi connectivity index (χ2v) is 10.9.